The van der Waals surface area contributed by atoms with E-state index in [2.05, 4.69) is 11.8 Å². The number of benzene rings is 2. The maximum absolute atomic E-state index is 13.7. The number of likely N-dealkylation sites (tertiary alicyclic amines) is 1. The van der Waals surface area contributed by atoms with Crippen LogP contribution in [-0.2, 0) is 6.42 Å². The van der Waals surface area contributed by atoms with Gasteiger partial charge < -0.3 is 9.84 Å². The van der Waals surface area contributed by atoms with Gasteiger partial charge in [0, 0.05) is 17.7 Å². The van der Waals surface area contributed by atoms with E-state index in [0.29, 0.717) is 12.2 Å². The molecule has 2 aromatic rings. The first-order valence-electron chi connectivity index (χ1n) is 13.2. The van der Waals surface area contributed by atoms with Crippen molar-refractivity contribution in [2.24, 2.45) is 0 Å². The van der Waals surface area contributed by atoms with Gasteiger partial charge in [0.15, 0.2) is 5.78 Å². The Kier molecular flexibility index (Phi) is 8.81. The van der Waals surface area contributed by atoms with Crippen molar-refractivity contribution in [3.8, 4) is 11.5 Å². The van der Waals surface area contributed by atoms with Gasteiger partial charge in [0.05, 0.1) is 0 Å². The van der Waals surface area contributed by atoms with Gasteiger partial charge in [-0.3, -0.25) is 9.69 Å². The van der Waals surface area contributed by atoms with Crippen molar-refractivity contribution in [3.63, 3.8) is 0 Å². The van der Waals surface area contributed by atoms with Crippen LogP contribution in [0.2, 0.25) is 0 Å². The van der Waals surface area contributed by atoms with Gasteiger partial charge in [0.2, 0.25) is 0 Å². The predicted octanol–water partition coefficient (Wildman–Crippen LogP) is 6.81. The van der Waals surface area contributed by atoms with E-state index in [0.717, 1.165) is 54.7 Å². The third kappa shape index (κ3) is 6.29. The summed E-state index contributed by atoms with van der Waals surface area (Å²) in [5.41, 5.74) is 4.86. The minimum Gasteiger partial charge on any atom is -0.508 e. The van der Waals surface area contributed by atoms with E-state index < -0.39 is 0 Å². The molecule has 2 aliphatic rings. The highest BCUT2D eigenvalue weighted by Crippen LogP contribution is 2.37. The molecule has 1 fully saturated rings. The van der Waals surface area contributed by atoms with Crippen molar-refractivity contribution < 1.29 is 14.6 Å². The molecule has 0 spiro atoms. The lowest BCUT2D eigenvalue weighted by Gasteiger charge is -2.26. The zero-order chi connectivity index (χ0) is 23.8. The third-order valence-electron chi connectivity index (χ3n) is 7.21. The number of unbranched alkanes of at least 4 members (excludes halogenated alkanes) is 3. The zero-order valence-electron chi connectivity index (χ0n) is 20.7. The first kappa shape index (κ1) is 24.5. The molecule has 1 saturated heterocycles. The van der Waals surface area contributed by atoms with Crippen molar-refractivity contribution in [3.05, 3.63) is 64.7 Å². The Bertz CT molecular complexity index is 987. The van der Waals surface area contributed by atoms with E-state index in [9.17, 15) is 9.90 Å². The van der Waals surface area contributed by atoms with Crippen molar-refractivity contribution in [2.45, 2.75) is 71.1 Å². The molecule has 0 saturated carbocycles. The van der Waals surface area contributed by atoms with E-state index >= 15 is 0 Å². The van der Waals surface area contributed by atoms with Gasteiger partial charge in [-0.25, -0.2) is 0 Å². The van der Waals surface area contributed by atoms with Crippen molar-refractivity contribution in [2.75, 3.05) is 26.2 Å². The molecule has 1 aliphatic heterocycles. The number of fused-ring (bicyclic) bond motifs is 1. The minimum absolute atomic E-state index is 0.0806. The van der Waals surface area contributed by atoms with Crippen LogP contribution in [0.4, 0.5) is 0 Å². The minimum atomic E-state index is 0.0806. The molecule has 0 amide bonds. The van der Waals surface area contributed by atoms with E-state index in [1.165, 1.54) is 57.2 Å². The number of phenolic OH excluding ortho intramolecular Hbond substituents is 1. The number of carbonyl (C=O) groups is 1. The number of nitrogens with zero attached hydrogens (tertiary/aromatic N) is 1. The molecule has 182 valence electrons. The molecular weight excluding hydrogens is 422 g/mol. The van der Waals surface area contributed by atoms with Gasteiger partial charge in [0.1, 0.15) is 18.1 Å². The molecule has 2 aromatic carbocycles. The smallest absolute Gasteiger partial charge is 0.193 e. The van der Waals surface area contributed by atoms with Crippen LogP contribution in [-0.4, -0.2) is 42.0 Å². The summed E-state index contributed by atoms with van der Waals surface area (Å²) in [7, 11) is 0. The highest BCUT2D eigenvalue weighted by molar-refractivity contribution is 6.30. The van der Waals surface area contributed by atoms with Gasteiger partial charge in [0.25, 0.3) is 0 Å². The Morgan fingerprint density at radius 2 is 1.76 bits per heavy atom. The number of hydrogen-bond acceptors (Lipinski definition) is 4. The average Bonchev–Trinajstić information content (AvgIpc) is 2.87. The van der Waals surface area contributed by atoms with Gasteiger partial charge in [-0.05, 0) is 99.1 Å². The van der Waals surface area contributed by atoms with Crippen LogP contribution < -0.4 is 4.74 Å². The topological polar surface area (TPSA) is 49.8 Å². The van der Waals surface area contributed by atoms with Crippen molar-refractivity contribution >= 4 is 11.4 Å². The zero-order valence-corrected chi connectivity index (χ0v) is 20.7. The van der Waals surface area contributed by atoms with E-state index in [1.54, 1.807) is 6.07 Å². The molecule has 34 heavy (non-hydrogen) atoms. The summed E-state index contributed by atoms with van der Waals surface area (Å²) >= 11 is 0. The van der Waals surface area contributed by atoms with Gasteiger partial charge in [-0.2, -0.15) is 0 Å². The number of allylic oxidation sites excluding steroid dienone is 2. The Labute approximate surface area is 204 Å². The average molecular weight is 462 g/mol. The third-order valence-corrected chi connectivity index (χ3v) is 7.21. The van der Waals surface area contributed by atoms with Crippen LogP contribution >= 0.6 is 0 Å². The Morgan fingerprint density at radius 3 is 2.53 bits per heavy atom. The van der Waals surface area contributed by atoms with Gasteiger partial charge in [-0.15, -0.1) is 0 Å². The molecular formula is C30H39NO3. The first-order valence-corrected chi connectivity index (χ1v) is 13.2. The molecule has 4 heteroatoms. The van der Waals surface area contributed by atoms with E-state index in [4.69, 9.17) is 4.74 Å². The van der Waals surface area contributed by atoms with Crippen LogP contribution in [0.25, 0.3) is 5.57 Å². The van der Waals surface area contributed by atoms with Crippen LogP contribution in [0, 0.1) is 0 Å². The van der Waals surface area contributed by atoms with E-state index in [1.807, 2.05) is 36.4 Å². The second-order valence-corrected chi connectivity index (χ2v) is 9.73. The summed E-state index contributed by atoms with van der Waals surface area (Å²) in [6, 6.07) is 13.1. The molecule has 1 heterocycles. The van der Waals surface area contributed by atoms with E-state index in [-0.39, 0.29) is 11.5 Å². The lowest BCUT2D eigenvalue weighted by molar-refractivity contribution is 0.105. The predicted molar refractivity (Wildman–Crippen MR) is 139 cm³/mol. The summed E-state index contributed by atoms with van der Waals surface area (Å²) in [5, 5.41) is 9.96. The van der Waals surface area contributed by atoms with Gasteiger partial charge in [-0.1, -0.05) is 44.2 Å². The second kappa shape index (κ2) is 12.2. The highest BCUT2D eigenvalue weighted by atomic mass is 16.5. The normalized spacial score (nSPS) is 16.4. The lowest BCUT2D eigenvalue weighted by Crippen LogP contribution is -2.33. The maximum atomic E-state index is 13.7. The van der Waals surface area contributed by atoms with Crippen molar-refractivity contribution in [1.29, 1.82) is 0 Å². The number of aromatic hydroxyl groups is 1. The molecule has 0 bridgehead atoms. The first-order chi connectivity index (χ1) is 16.7. The summed E-state index contributed by atoms with van der Waals surface area (Å²) in [5.74, 6) is 1.16. The number of phenols is 1. The molecule has 0 unspecified atom stereocenters. The fourth-order valence-electron chi connectivity index (χ4n) is 5.25. The fourth-order valence-corrected chi connectivity index (χ4v) is 5.25. The van der Waals surface area contributed by atoms with Gasteiger partial charge >= 0.3 is 0 Å². The fraction of sp³-hybridized carbons (Fsp3) is 0.500. The number of hydrogen-bond donors (Lipinski definition) is 1. The molecule has 0 radical (unpaired) electrons. The summed E-state index contributed by atoms with van der Waals surface area (Å²) in [4.78, 5) is 16.2. The van der Waals surface area contributed by atoms with Crippen LogP contribution in [0.3, 0.4) is 0 Å². The molecule has 0 atom stereocenters. The van der Waals surface area contributed by atoms with Crippen molar-refractivity contribution in [1.82, 2.24) is 4.90 Å². The number of carbonyl (C=O) groups excluding carboxylic acids is 1. The lowest BCUT2D eigenvalue weighted by atomic mass is 9.80. The summed E-state index contributed by atoms with van der Waals surface area (Å²) < 4.78 is 5.96. The summed E-state index contributed by atoms with van der Waals surface area (Å²) in [6.45, 7) is 6.20. The van der Waals surface area contributed by atoms with Crippen LogP contribution in [0.15, 0.2) is 48.0 Å². The maximum Gasteiger partial charge on any atom is 0.193 e. The number of ether oxygens (including phenoxy) is 1. The second-order valence-electron chi connectivity index (χ2n) is 9.73. The summed E-state index contributed by atoms with van der Waals surface area (Å²) in [6.07, 6.45) is 11.4. The Balaban J connectivity index is 1.47. The molecule has 4 rings (SSSR count). The molecule has 4 nitrogen and oxygen atoms in total. The number of aryl methyl sites for hydroxylation is 1. The number of rotatable bonds is 11. The SMILES string of the molecule is CCCCCCC1=C(C(=O)c2ccc(OCCN3CCCCC3)cc2)c2ccc(O)cc2CC1. The largest absolute Gasteiger partial charge is 0.508 e. The number of ketones is 1. The van der Waals surface area contributed by atoms with Crippen LogP contribution in [0.1, 0.15) is 86.2 Å². The van der Waals surface area contributed by atoms with Crippen LogP contribution in [0.5, 0.6) is 11.5 Å². The number of piperidine rings is 1. The quantitative estimate of drug-likeness (QED) is 0.295. The standard InChI is InChI=1S/C30H39NO3/c1-2-3-4-6-9-23-10-11-25-22-26(32)14-17-28(25)29(23)30(33)24-12-15-27(16-13-24)34-21-20-31-18-7-5-8-19-31/h12-17,22,32H,2-11,18-21H2,1H3. The highest BCUT2D eigenvalue weighted by Gasteiger charge is 2.25. The molecule has 0 aromatic heterocycles. The number of Topliss-reactive ketones (excluding diaryl/α,β-unsaturated/α-hetero) is 1. The Morgan fingerprint density at radius 1 is 0.971 bits per heavy atom. The molecule has 1 N–H and O–H groups in total. The molecule has 1 aliphatic carbocycles. The monoisotopic (exact) mass is 461 g/mol. The Hall–Kier alpha value is -2.59.